The summed E-state index contributed by atoms with van der Waals surface area (Å²) in [4.78, 5) is 6.89. The van der Waals surface area contributed by atoms with Gasteiger partial charge in [0.05, 0.1) is 11.2 Å². The van der Waals surface area contributed by atoms with Crippen molar-refractivity contribution in [3.05, 3.63) is 16.6 Å². The maximum atomic E-state index is 4.35. The maximum Gasteiger partial charge on any atom is 0.0795 e. The van der Waals surface area contributed by atoms with Crippen LogP contribution in [0.2, 0.25) is 0 Å². The van der Waals surface area contributed by atoms with Crippen molar-refractivity contribution in [1.82, 2.24) is 15.2 Å². The van der Waals surface area contributed by atoms with Gasteiger partial charge in [-0.25, -0.2) is 4.98 Å². The van der Waals surface area contributed by atoms with Crippen LogP contribution in [-0.4, -0.2) is 35.6 Å². The molecule has 2 aliphatic rings. The molecule has 1 aromatic heterocycles. The average molecular weight is 237 g/mol. The van der Waals surface area contributed by atoms with Gasteiger partial charge in [-0.3, -0.25) is 4.90 Å². The number of likely N-dealkylation sites (tertiary alicyclic amines) is 1. The molecule has 0 amide bonds. The molecule has 4 heteroatoms. The van der Waals surface area contributed by atoms with Crippen LogP contribution < -0.4 is 5.32 Å². The van der Waals surface area contributed by atoms with Gasteiger partial charge in [0.15, 0.2) is 0 Å². The van der Waals surface area contributed by atoms with Crippen LogP contribution in [-0.2, 0) is 6.54 Å². The molecule has 1 saturated carbocycles. The summed E-state index contributed by atoms with van der Waals surface area (Å²) >= 11 is 1.70. The highest BCUT2D eigenvalue weighted by Gasteiger charge is 2.26. The van der Waals surface area contributed by atoms with E-state index in [1.165, 1.54) is 44.6 Å². The van der Waals surface area contributed by atoms with Crippen LogP contribution in [0.25, 0.3) is 0 Å². The molecule has 2 heterocycles. The monoisotopic (exact) mass is 237 g/mol. The lowest BCUT2D eigenvalue weighted by Crippen LogP contribution is -2.27. The number of thiazole rings is 1. The van der Waals surface area contributed by atoms with Gasteiger partial charge in [0, 0.05) is 24.5 Å². The Kier molecular flexibility index (Phi) is 3.22. The second-order valence-corrected chi connectivity index (χ2v) is 5.77. The Morgan fingerprint density at radius 3 is 3.12 bits per heavy atom. The minimum atomic E-state index is 0.854. The molecule has 1 aromatic rings. The fourth-order valence-electron chi connectivity index (χ4n) is 2.39. The molecule has 1 aliphatic carbocycles. The third-order valence-electron chi connectivity index (χ3n) is 3.51. The summed E-state index contributed by atoms with van der Waals surface area (Å²) in [5.74, 6) is 0.860. The Bertz CT molecular complexity index is 321. The first-order valence-corrected chi connectivity index (χ1v) is 7.17. The molecule has 1 atom stereocenters. The minimum absolute atomic E-state index is 0.854. The van der Waals surface area contributed by atoms with Crippen molar-refractivity contribution in [3.63, 3.8) is 0 Å². The van der Waals surface area contributed by atoms with Gasteiger partial charge in [0.2, 0.25) is 0 Å². The molecule has 88 valence electrons. The zero-order valence-corrected chi connectivity index (χ0v) is 10.4. The van der Waals surface area contributed by atoms with E-state index >= 15 is 0 Å². The summed E-state index contributed by atoms with van der Waals surface area (Å²) in [5.41, 5.74) is 3.16. The highest BCUT2D eigenvalue weighted by molar-refractivity contribution is 7.07. The van der Waals surface area contributed by atoms with Gasteiger partial charge in [0.25, 0.3) is 0 Å². The van der Waals surface area contributed by atoms with Crippen molar-refractivity contribution in [2.75, 3.05) is 19.6 Å². The molecule has 16 heavy (non-hydrogen) atoms. The van der Waals surface area contributed by atoms with E-state index in [-0.39, 0.29) is 0 Å². The summed E-state index contributed by atoms with van der Waals surface area (Å²) in [7, 11) is 0. The van der Waals surface area contributed by atoms with E-state index in [0.717, 1.165) is 18.5 Å². The van der Waals surface area contributed by atoms with E-state index in [1.807, 2.05) is 5.51 Å². The molecule has 0 bridgehead atoms. The normalized spacial score (nSPS) is 26.4. The maximum absolute atomic E-state index is 4.35. The largest absolute Gasteiger partial charge is 0.314 e. The summed E-state index contributed by atoms with van der Waals surface area (Å²) in [6, 6.07) is 0.854. The van der Waals surface area contributed by atoms with E-state index in [4.69, 9.17) is 0 Å². The second-order valence-electron chi connectivity index (χ2n) is 5.05. The molecule has 3 nitrogen and oxygen atoms in total. The third kappa shape index (κ3) is 2.81. The van der Waals surface area contributed by atoms with Crippen LogP contribution in [0.5, 0.6) is 0 Å². The summed E-state index contributed by atoms with van der Waals surface area (Å²) in [6.45, 7) is 4.76. The van der Waals surface area contributed by atoms with Gasteiger partial charge >= 0.3 is 0 Å². The first-order chi connectivity index (χ1) is 7.90. The van der Waals surface area contributed by atoms with Gasteiger partial charge in [-0.15, -0.1) is 11.3 Å². The molecule has 0 aromatic carbocycles. The molecule has 1 unspecified atom stereocenters. The van der Waals surface area contributed by atoms with E-state index < -0.39 is 0 Å². The van der Waals surface area contributed by atoms with Crippen LogP contribution in [0.4, 0.5) is 0 Å². The van der Waals surface area contributed by atoms with Gasteiger partial charge in [-0.2, -0.15) is 0 Å². The molecule has 3 rings (SSSR count). The highest BCUT2D eigenvalue weighted by Crippen LogP contribution is 2.22. The van der Waals surface area contributed by atoms with E-state index in [0.29, 0.717) is 0 Å². The van der Waals surface area contributed by atoms with Crippen LogP contribution in [0.1, 0.15) is 25.0 Å². The molecule has 1 saturated heterocycles. The lowest BCUT2D eigenvalue weighted by atomic mass is 10.1. The Labute approximate surface area is 101 Å². The number of nitrogens with one attached hydrogen (secondary N) is 1. The van der Waals surface area contributed by atoms with Crippen molar-refractivity contribution in [2.45, 2.75) is 31.8 Å². The lowest BCUT2D eigenvalue weighted by Gasteiger charge is -2.14. The number of rotatable bonds is 5. The second kappa shape index (κ2) is 4.82. The van der Waals surface area contributed by atoms with Crippen LogP contribution in [0.3, 0.4) is 0 Å². The topological polar surface area (TPSA) is 28.2 Å². The van der Waals surface area contributed by atoms with Crippen molar-refractivity contribution in [3.8, 4) is 0 Å². The molecule has 0 radical (unpaired) electrons. The van der Waals surface area contributed by atoms with Crippen LogP contribution in [0.15, 0.2) is 10.9 Å². The standard InChI is InChI=1S/C12H19N3S/c1-2-11(1)13-5-10-3-4-15(6-10)7-12-8-16-9-14-12/h8-11,13H,1-7H2. The quantitative estimate of drug-likeness (QED) is 0.845. The van der Waals surface area contributed by atoms with Gasteiger partial charge in [-0.1, -0.05) is 0 Å². The Morgan fingerprint density at radius 2 is 2.38 bits per heavy atom. The SMILES string of the molecule is c1nc(CN2CCC(CNC3CC3)C2)cs1. The Balaban J connectivity index is 1.41. The number of hydrogen-bond acceptors (Lipinski definition) is 4. The predicted molar refractivity (Wildman–Crippen MR) is 66.5 cm³/mol. The van der Waals surface area contributed by atoms with E-state index in [2.05, 4.69) is 20.6 Å². The Morgan fingerprint density at radius 1 is 1.44 bits per heavy atom. The van der Waals surface area contributed by atoms with Crippen LogP contribution in [0, 0.1) is 5.92 Å². The summed E-state index contributed by atoms with van der Waals surface area (Å²) in [5, 5.41) is 5.80. The number of hydrogen-bond donors (Lipinski definition) is 1. The fraction of sp³-hybridized carbons (Fsp3) is 0.750. The summed E-state index contributed by atoms with van der Waals surface area (Å²) in [6.07, 6.45) is 4.15. The molecule has 2 fully saturated rings. The first kappa shape index (κ1) is 10.7. The van der Waals surface area contributed by atoms with Crippen molar-refractivity contribution < 1.29 is 0 Å². The smallest absolute Gasteiger partial charge is 0.0795 e. The van der Waals surface area contributed by atoms with E-state index in [9.17, 15) is 0 Å². The lowest BCUT2D eigenvalue weighted by molar-refractivity contribution is 0.311. The highest BCUT2D eigenvalue weighted by atomic mass is 32.1. The van der Waals surface area contributed by atoms with E-state index in [1.54, 1.807) is 11.3 Å². The van der Waals surface area contributed by atoms with Crippen molar-refractivity contribution in [1.29, 1.82) is 0 Å². The van der Waals surface area contributed by atoms with Gasteiger partial charge in [0.1, 0.15) is 0 Å². The number of nitrogens with zero attached hydrogens (tertiary/aromatic N) is 2. The van der Waals surface area contributed by atoms with Gasteiger partial charge in [-0.05, 0) is 38.3 Å². The van der Waals surface area contributed by atoms with Gasteiger partial charge < -0.3 is 5.32 Å². The third-order valence-corrected chi connectivity index (χ3v) is 4.15. The molecule has 1 N–H and O–H groups in total. The van der Waals surface area contributed by atoms with Crippen LogP contribution >= 0.6 is 11.3 Å². The fourth-order valence-corrected chi connectivity index (χ4v) is 2.94. The average Bonchev–Trinajstić information content (AvgIpc) is 2.78. The first-order valence-electron chi connectivity index (χ1n) is 6.23. The molecular formula is C12H19N3S. The summed E-state index contributed by atoms with van der Waals surface area (Å²) < 4.78 is 0. The van der Waals surface area contributed by atoms with Crippen molar-refractivity contribution in [2.24, 2.45) is 5.92 Å². The molecule has 0 spiro atoms. The van der Waals surface area contributed by atoms with Crippen molar-refractivity contribution >= 4 is 11.3 Å². The number of aromatic nitrogens is 1. The zero-order valence-electron chi connectivity index (χ0n) is 9.56. The predicted octanol–water partition coefficient (Wildman–Crippen LogP) is 1.72. The Hall–Kier alpha value is -0.450. The minimum Gasteiger partial charge on any atom is -0.314 e. The zero-order chi connectivity index (χ0) is 10.8. The molecule has 1 aliphatic heterocycles. The molecular weight excluding hydrogens is 218 g/mol.